The number of rotatable bonds is 7. The Balaban J connectivity index is 1.62. The Kier molecular flexibility index (Phi) is 6.34. The van der Waals surface area contributed by atoms with Gasteiger partial charge in [-0.2, -0.15) is 0 Å². The van der Waals surface area contributed by atoms with Crippen LogP contribution in [0.1, 0.15) is 30.0 Å². The molecule has 0 unspecified atom stereocenters. The smallest absolute Gasteiger partial charge is 0.287 e. The van der Waals surface area contributed by atoms with E-state index in [2.05, 4.69) is 10.6 Å². The number of carbonyl (C=O) groups excluding carboxylic acids is 2. The number of furan rings is 1. The van der Waals surface area contributed by atoms with Gasteiger partial charge in [0.05, 0.1) is 6.26 Å². The molecule has 6 heteroatoms. The highest BCUT2D eigenvalue weighted by atomic mass is 16.5. The van der Waals surface area contributed by atoms with E-state index in [9.17, 15) is 9.59 Å². The number of hydrogen-bond acceptors (Lipinski definition) is 4. The van der Waals surface area contributed by atoms with Gasteiger partial charge in [-0.25, -0.2) is 0 Å². The molecule has 0 aliphatic rings. The first kappa shape index (κ1) is 20.2. The van der Waals surface area contributed by atoms with Gasteiger partial charge in [0.15, 0.2) is 5.76 Å². The molecule has 0 aliphatic carbocycles. The van der Waals surface area contributed by atoms with Crippen molar-refractivity contribution < 1.29 is 18.7 Å². The van der Waals surface area contributed by atoms with Crippen LogP contribution in [0.25, 0.3) is 0 Å². The Labute approximate surface area is 169 Å². The Bertz CT molecular complexity index is 963. The third-order valence-corrected chi connectivity index (χ3v) is 4.33. The van der Waals surface area contributed by atoms with Crippen LogP contribution in [0, 0.1) is 12.8 Å². The molecule has 1 atom stereocenters. The molecule has 3 rings (SSSR count). The highest BCUT2D eigenvalue weighted by Crippen LogP contribution is 2.24. The molecule has 150 valence electrons. The third-order valence-electron chi connectivity index (χ3n) is 4.33. The van der Waals surface area contributed by atoms with Crippen LogP contribution in [0.4, 0.5) is 5.69 Å². The lowest BCUT2D eigenvalue weighted by Gasteiger charge is -2.21. The Hall–Kier alpha value is -3.54. The molecule has 29 heavy (non-hydrogen) atoms. The second-order valence-electron chi connectivity index (χ2n) is 7.10. The van der Waals surface area contributed by atoms with E-state index in [4.69, 9.17) is 9.15 Å². The highest BCUT2D eigenvalue weighted by molar-refractivity contribution is 6.00. The summed E-state index contributed by atoms with van der Waals surface area (Å²) in [6, 6.07) is 17.3. The van der Waals surface area contributed by atoms with Crippen LogP contribution in [0.3, 0.4) is 0 Å². The van der Waals surface area contributed by atoms with Crippen molar-refractivity contribution in [2.45, 2.75) is 26.8 Å². The van der Waals surface area contributed by atoms with Crippen molar-refractivity contribution in [3.05, 3.63) is 78.3 Å². The molecule has 0 saturated heterocycles. The first-order valence-corrected chi connectivity index (χ1v) is 9.42. The predicted octanol–water partition coefficient (Wildman–Crippen LogP) is 4.77. The summed E-state index contributed by atoms with van der Waals surface area (Å²) in [4.78, 5) is 24.9. The van der Waals surface area contributed by atoms with Crippen molar-refractivity contribution in [2.24, 2.45) is 5.92 Å². The molecule has 0 bridgehead atoms. The minimum Gasteiger partial charge on any atom is -0.459 e. The largest absolute Gasteiger partial charge is 0.459 e. The summed E-state index contributed by atoms with van der Waals surface area (Å²) >= 11 is 0. The average Bonchev–Trinajstić information content (AvgIpc) is 3.22. The van der Waals surface area contributed by atoms with E-state index in [1.54, 1.807) is 36.4 Å². The van der Waals surface area contributed by atoms with Gasteiger partial charge in [0.2, 0.25) is 5.91 Å². The molecule has 1 aromatic heterocycles. The van der Waals surface area contributed by atoms with E-state index >= 15 is 0 Å². The van der Waals surface area contributed by atoms with Crippen LogP contribution in [0.5, 0.6) is 11.5 Å². The molecule has 0 saturated carbocycles. The summed E-state index contributed by atoms with van der Waals surface area (Å²) in [6.45, 7) is 5.73. The number of anilines is 1. The molecular formula is C23H24N2O4. The number of ether oxygens (including phenoxy) is 1. The van der Waals surface area contributed by atoms with Gasteiger partial charge in [0.1, 0.15) is 17.5 Å². The number of carbonyl (C=O) groups is 2. The average molecular weight is 392 g/mol. The number of amides is 2. The fourth-order valence-corrected chi connectivity index (χ4v) is 2.80. The quantitative estimate of drug-likeness (QED) is 0.607. The molecule has 0 spiro atoms. The maximum Gasteiger partial charge on any atom is 0.287 e. The maximum atomic E-state index is 12.7. The zero-order valence-electron chi connectivity index (χ0n) is 16.6. The van der Waals surface area contributed by atoms with E-state index < -0.39 is 11.9 Å². The van der Waals surface area contributed by atoms with Gasteiger partial charge in [0.25, 0.3) is 5.91 Å². The molecule has 0 fully saturated rings. The Morgan fingerprint density at radius 3 is 2.34 bits per heavy atom. The predicted molar refractivity (Wildman–Crippen MR) is 111 cm³/mol. The zero-order valence-corrected chi connectivity index (χ0v) is 16.6. The SMILES string of the molecule is Cc1cccc(Oc2ccc(NC(=O)[C@@H](NC(=O)c3ccco3)C(C)C)cc2)c1. The zero-order chi connectivity index (χ0) is 20.8. The lowest BCUT2D eigenvalue weighted by Crippen LogP contribution is -2.47. The normalized spacial score (nSPS) is 11.7. The minimum absolute atomic E-state index is 0.0992. The number of benzene rings is 2. The fourth-order valence-electron chi connectivity index (χ4n) is 2.80. The van der Waals surface area contributed by atoms with Crippen molar-refractivity contribution in [1.29, 1.82) is 0 Å². The molecule has 1 heterocycles. The Morgan fingerprint density at radius 2 is 1.72 bits per heavy atom. The van der Waals surface area contributed by atoms with E-state index in [1.807, 2.05) is 45.0 Å². The summed E-state index contributed by atoms with van der Waals surface area (Å²) < 4.78 is 10.9. The van der Waals surface area contributed by atoms with Crippen molar-refractivity contribution in [2.75, 3.05) is 5.32 Å². The van der Waals surface area contributed by atoms with Crippen LogP contribution in [0.2, 0.25) is 0 Å². The van der Waals surface area contributed by atoms with Gasteiger partial charge in [-0.15, -0.1) is 0 Å². The summed E-state index contributed by atoms with van der Waals surface area (Å²) in [5, 5.41) is 5.55. The lowest BCUT2D eigenvalue weighted by molar-refractivity contribution is -0.118. The fraction of sp³-hybridized carbons (Fsp3) is 0.217. The molecule has 3 aromatic rings. The molecule has 2 aromatic carbocycles. The second kappa shape index (κ2) is 9.10. The van der Waals surface area contributed by atoms with Crippen molar-refractivity contribution in [3.63, 3.8) is 0 Å². The Morgan fingerprint density at radius 1 is 0.966 bits per heavy atom. The number of aryl methyl sites for hydroxylation is 1. The summed E-state index contributed by atoms with van der Waals surface area (Å²) in [6.07, 6.45) is 1.42. The van der Waals surface area contributed by atoms with Crippen molar-refractivity contribution in [3.8, 4) is 11.5 Å². The monoisotopic (exact) mass is 392 g/mol. The van der Waals surface area contributed by atoms with E-state index in [-0.39, 0.29) is 17.6 Å². The summed E-state index contributed by atoms with van der Waals surface area (Å²) in [5.74, 6) is 0.763. The lowest BCUT2D eigenvalue weighted by atomic mass is 10.0. The topological polar surface area (TPSA) is 80.6 Å². The van der Waals surface area contributed by atoms with Crippen LogP contribution >= 0.6 is 0 Å². The minimum atomic E-state index is -0.698. The molecule has 2 N–H and O–H groups in total. The van der Waals surface area contributed by atoms with E-state index in [0.717, 1.165) is 11.3 Å². The van der Waals surface area contributed by atoms with Gasteiger partial charge < -0.3 is 19.8 Å². The third kappa shape index (κ3) is 5.48. The van der Waals surface area contributed by atoms with Crippen molar-refractivity contribution in [1.82, 2.24) is 5.32 Å². The van der Waals surface area contributed by atoms with Gasteiger partial charge >= 0.3 is 0 Å². The second-order valence-corrected chi connectivity index (χ2v) is 7.10. The summed E-state index contributed by atoms with van der Waals surface area (Å²) in [7, 11) is 0. The van der Waals surface area contributed by atoms with Gasteiger partial charge in [-0.05, 0) is 66.9 Å². The maximum absolute atomic E-state index is 12.7. The molecular weight excluding hydrogens is 368 g/mol. The first-order valence-electron chi connectivity index (χ1n) is 9.42. The van der Waals surface area contributed by atoms with Gasteiger partial charge in [0, 0.05) is 5.69 Å². The van der Waals surface area contributed by atoms with Gasteiger partial charge in [-0.1, -0.05) is 26.0 Å². The first-order chi connectivity index (χ1) is 13.9. The van der Waals surface area contributed by atoms with Crippen LogP contribution < -0.4 is 15.4 Å². The molecule has 0 aliphatic heterocycles. The van der Waals surface area contributed by atoms with Crippen LogP contribution in [-0.2, 0) is 4.79 Å². The van der Waals surface area contributed by atoms with Crippen LogP contribution in [0.15, 0.2) is 71.3 Å². The van der Waals surface area contributed by atoms with E-state index in [1.165, 1.54) is 6.26 Å². The number of nitrogens with one attached hydrogen (secondary N) is 2. The summed E-state index contributed by atoms with van der Waals surface area (Å²) in [5.41, 5.74) is 1.73. The molecule has 2 amide bonds. The van der Waals surface area contributed by atoms with Gasteiger partial charge in [-0.3, -0.25) is 9.59 Å². The van der Waals surface area contributed by atoms with E-state index in [0.29, 0.717) is 11.4 Å². The number of hydrogen-bond donors (Lipinski definition) is 2. The van der Waals surface area contributed by atoms with Crippen molar-refractivity contribution >= 4 is 17.5 Å². The molecule has 0 radical (unpaired) electrons. The van der Waals surface area contributed by atoms with Crippen LogP contribution in [-0.4, -0.2) is 17.9 Å². The standard InChI is InChI=1S/C23H24N2O4/c1-15(2)21(25-22(26)20-8-5-13-28-20)23(27)24-17-9-11-18(12-10-17)29-19-7-4-6-16(3)14-19/h4-15,21H,1-3H3,(H,24,27)(H,25,26)/t21-/m0/s1. The molecule has 6 nitrogen and oxygen atoms in total. The highest BCUT2D eigenvalue weighted by Gasteiger charge is 2.25.